The van der Waals surface area contributed by atoms with Crippen molar-refractivity contribution < 1.29 is 28.7 Å². The molecule has 9 nitrogen and oxygen atoms in total. The van der Waals surface area contributed by atoms with Gasteiger partial charge in [-0.15, -0.1) is 11.3 Å². The van der Waals surface area contributed by atoms with Crippen molar-refractivity contribution in [2.75, 3.05) is 12.4 Å². The van der Waals surface area contributed by atoms with Crippen molar-refractivity contribution in [3.63, 3.8) is 0 Å². The molecule has 0 fully saturated rings. The number of nitrogens with one attached hydrogen (secondary N) is 1. The normalized spacial score (nSPS) is 12.6. The lowest BCUT2D eigenvalue weighted by Gasteiger charge is -2.16. The third-order valence-electron chi connectivity index (χ3n) is 4.84. The fourth-order valence-electron chi connectivity index (χ4n) is 3.20. The number of nitrogens with zero attached hydrogens (tertiary/aromatic N) is 1. The standard InChI is InChI=1S/C22H18N2O7S/c1-12(21(25)23-16-8-7-14(29-2)10-17(16)24(27)28)31-22(26)19-9-13-11-30-18-6-4-3-5-15(18)20(13)32-19/h3-10,12H,11H2,1-2H3,(H,23,25). The molecular formula is C22H18N2O7S. The Kier molecular flexibility index (Phi) is 5.78. The Hall–Kier alpha value is -3.92. The average Bonchev–Trinajstić information content (AvgIpc) is 3.24. The number of amides is 1. The number of nitro benzene ring substituents is 1. The first-order valence-corrected chi connectivity index (χ1v) is 10.4. The fraction of sp³-hybridized carbons (Fsp3) is 0.182. The molecule has 3 aromatic rings. The molecule has 1 aliphatic heterocycles. The van der Waals surface area contributed by atoms with Crippen LogP contribution in [-0.2, 0) is 16.1 Å². The molecule has 4 rings (SSSR count). The van der Waals surface area contributed by atoms with Gasteiger partial charge in [0.2, 0.25) is 0 Å². The highest BCUT2D eigenvalue weighted by molar-refractivity contribution is 7.17. The lowest BCUT2D eigenvalue weighted by Crippen LogP contribution is -2.30. The summed E-state index contributed by atoms with van der Waals surface area (Å²) in [4.78, 5) is 37.1. The summed E-state index contributed by atoms with van der Waals surface area (Å²) in [5, 5.41) is 13.7. The van der Waals surface area contributed by atoms with Crippen molar-refractivity contribution in [2.45, 2.75) is 19.6 Å². The quantitative estimate of drug-likeness (QED) is 0.333. The van der Waals surface area contributed by atoms with Crippen LogP contribution in [0.2, 0.25) is 0 Å². The second kappa shape index (κ2) is 8.67. The predicted octanol–water partition coefficient (Wildman–Crippen LogP) is 4.41. The molecule has 0 aliphatic carbocycles. The largest absolute Gasteiger partial charge is 0.496 e. The number of carbonyl (C=O) groups excluding carboxylic acids is 2. The minimum atomic E-state index is -1.17. The summed E-state index contributed by atoms with van der Waals surface area (Å²) >= 11 is 1.26. The number of esters is 1. The maximum atomic E-state index is 12.6. The lowest BCUT2D eigenvalue weighted by atomic mass is 10.1. The van der Waals surface area contributed by atoms with Crippen molar-refractivity contribution in [1.29, 1.82) is 0 Å². The van der Waals surface area contributed by atoms with Crippen LogP contribution in [-0.4, -0.2) is 30.0 Å². The Morgan fingerprint density at radius 3 is 2.75 bits per heavy atom. The number of para-hydroxylation sites is 1. The van der Waals surface area contributed by atoms with E-state index in [4.69, 9.17) is 14.2 Å². The van der Waals surface area contributed by atoms with Crippen molar-refractivity contribution in [3.8, 4) is 21.9 Å². The zero-order valence-corrected chi connectivity index (χ0v) is 17.9. The fourth-order valence-corrected chi connectivity index (χ4v) is 4.28. The van der Waals surface area contributed by atoms with E-state index in [0.29, 0.717) is 11.5 Å². The molecule has 0 saturated carbocycles. The van der Waals surface area contributed by atoms with Crippen LogP contribution >= 0.6 is 11.3 Å². The molecule has 1 N–H and O–H groups in total. The smallest absolute Gasteiger partial charge is 0.349 e. The Labute approximate surface area is 186 Å². The van der Waals surface area contributed by atoms with Gasteiger partial charge in [0, 0.05) is 16.0 Å². The van der Waals surface area contributed by atoms with E-state index in [9.17, 15) is 19.7 Å². The second-order valence-electron chi connectivity index (χ2n) is 6.93. The highest BCUT2D eigenvalue weighted by Gasteiger charge is 2.26. The third-order valence-corrected chi connectivity index (χ3v) is 6.03. The molecule has 1 aromatic heterocycles. The summed E-state index contributed by atoms with van der Waals surface area (Å²) in [5.41, 5.74) is 1.41. The summed E-state index contributed by atoms with van der Waals surface area (Å²) in [5.74, 6) is -0.327. The van der Waals surface area contributed by atoms with Gasteiger partial charge in [-0.3, -0.25) is 14.9 Å². The predicted molar refractivity (Wildman–Crippen MR) is 117 cm³/mol. The number of anilines is 1. The highest BCUT2D eigenvalue weighted by atomic mass is 32.1. The summed E-state index contributed by atoms with van der Waals surface area (Å²) in [7, 11) is 1.38. The maximum Gasteiger partial charge on any atom is 0.349 e. The molecule has 1 unspecified atom stereocenters. The van der Waals surface area contributed by atoms with Crippen LogP contribution in [0.3, 0.4) is 0 Å². The molecule has 10 heteroatoms. The van der Waals surface area contributed by atoms with Gasteiger partial charge >= 0.3 is 5.97 Å². The Bertz CT molecular complexity index is 1220. The SMILES string of the molecule is COc1ccc(NC(=O)C(C)OC(=O)c2cc3c(s2)-c2ccccc2OC3)c([N+](=O)[O-])c1. The second-order valence-corrected chi connectivity index (χ2v) is 7.98. The molecule has 0 spiro atoms. The number of hydrogen-bond acceptors (Lipinski definition) is 8. The van der Waals surface area contributed by atoms with Gasteiger partial charge in [0.25, 0.3) is 11.6 Å². The van der Waals surface area contributed by atoms with Crippen LogP contribution in [0.15, 0.2) is 48.5 Å². The molecule has 32 heavy (non-hydrogen) atoms. The van der Waals surface area contributed by atoms with E-state index in [2.05, 4.69) is 5.32 Å². The Balaban J connectivity index is 1.47. The summed E-state index contributed by atoms with van der Waals surface area (Å²) in [6.07, 6.45) is -1.17. The van der Waals surface area contributed by atoms with Crippen molar-refractivity contribution in [1.82, 2.24) is 0 Å². The molecule has 0 saturated heterocycles. The molecule has 164 valence electrons. The Morgan fingerprint density at radius 2 is 2.00 bits per heavy atom. The van der Waals surface area contributed by atoms with Crippen LogP contribution in [0.4, 0.5) is 11.4 Å². The van der Waals surface area contributed by atoms with Crippen LogP contribution in [0.5, 0.6) is 11.5 Å². The number of thiophene rings is 1. The first-order valence-electron chi connectivity index (χ1n) is 9.56. The van der Waals surface area contributed by atoms with Gasteiger partial charge in [-0.1, -0.05) is 12.1 Å². The number of methoxy groups -OCH3 is 1. The zero-order chi connectivity index (χ0) is 22.8. The molecule has 1 amide bonds. The number of carbonyl (C=O) groups is 2. The average molecular weight is 454 g/mol. The van der Waals surface area contributed by atoms with Gasteiger partial charge in [-0.05, 0) is 37.3 Å². The molecule has 1 aliphatic rings. The minimum Gasteiger partial charge on any atom is -0.496 e. The number of nitro groups is 1. The molecule has 0 radical (unpaired) electrons. The monoisotopic (exact) mass is 454 g/mol. The highest BCUT2D eigenvalue weighted by Crippen LogP contribution is 2.42. The van der Waals surface area contributed by atoms with E-state index < -0.39 is 22.9 Å². The zero-order valence-electron chi connectivity index (χ0n) is 17.1. The van der Waals surface area contributed by atoms with Crippen LogP contribution in [0.1, 0.15) is 22.2 Å². The summed E-state index contributed by atoms with van der Waals surface area (Å²) < 4.78 is 16.0. The van der Waals surface area contributed by atoms with E-state index in [1.807, 2.05) is 24.3 Å². The molecular weight excluding hydrogens is 436 g/mol. The van der Waals surface area contributed by atoms with Crippen LogP contribution < -0.4 is 14.8 Å². The van der Waals surface area contributed by atoms with E-state index in [1.54, 1.807) is 6.07 Å². The minimum absolute atomic E-state index is 0.0240. The van der Waals surface area contributed by atoms with Gasteiger partial charge < -0.3 is 19.5 Å². The molecule has 2 heterocycles. The first kappa shape index (κ1) is 21.3. The van der Waals surface area contributed by atoms with Crippen molar-refractivity contribution in [2.24, 2.45) is 0 Å². The van der Waals surface area contributed by atoms with E-state index in [1.165, 1.54) is 43.6 Å². The van der Waals surface area contributed by atoms with E-state index in [0.717, 1.165) is 21.8 Å². The van der Waals surface area contributed by atoms with Gasteiger partial charge in [0.05, 0.1) is 18.1 Å². The maximum absolute atomic E-state index is 12.6. The first-order chi connectivity index (χ1) is 15.4. The topological polar surface area (TPSA) is 117 Å². The Morgan fingerprint density at radius 1 is 1.22 bits per heavy atom. The number of rotatable bonds is 6. The number of fused-ring (bicyclic) bond motifs is 3. The molecule has 2 aromatic carbocycles. The summed E-state index contributed by atoms with van der Waals surface area (Å²) in [6, 6.07) is 13.3. The van der Waals surface area contributed by atoms with Crippen molar-refractivity contribution in [3.05, 3.63) is 69.1 Å². The van der Waals surface area contributed by atoms with Gasteiger partial charge in [0.1, 0.15) is 28.7 Å². The third kappa shape index (κ3) is 4.12. The molecule has 1 atom stereocenters. The number of hydrogen-bond donors (Lipinski definition) is 1. The van der Waals surface area contributed by atoms with Gasteiger partial charge in [-0.25, -0.2) is 4.79 Å². The van der Waals surface area contributed by atoms with Crippen LogP contribution in [0.25, 0.3) is 10.4 Å². The number of benzene rings is 2. The van der Waals surface area contributed by atoms with Gasteiger partial charge in [-0.2, -0.15) is 0 Å². The van der Waals surface area contributed by atoms with E-state index in [-0.39, 0.29) is 17.1 Å². The van der Waals surface area contributed by atoms with Crippen LogP contribution in [0, 0.1) is 10.1 Å². The van der Waals surface area contributed by atoms with Gasteiger partial charge in [0.15, 0.2) is 6.10 Å². The molecule has 0 bridgehead atoms. The number of ether oxygens (including phenoxy) is 3. The summed E-state index contributed by atoms with van der Waals surface area (Å²) in [6.45, 7) is 1.74. The lowest BCUT2D eigenvalue weighted by molar-refractivity contribution is -0.384. The van der Waals surface area contributed by atoms with Crippen molar-refractivity contribution >= 4 is 34.6 Å². The van der Waals surface area contributed by atoms with E-state index >= 15 is 0 Å².